The van der Waals surface area contributed by atoms with Gasteiger partial charge in [-0.15, -0.1) is 0 Å². The molecule has 7 nitrogen and oxygen atoms in total. The number of rotatable bonds is 5. The van der Waals surface area contributed by atoms with Crippen molar-refractivity contribution in [1.29, 1.82) is 0 Å². The zero-order valence-corrected chi connectivity index (χ0v) is 17.9. The van der Waals surface area contributed by atoms with E-state index in [2.05, 4.69) is 10.6 Å². The van der Waals surface area contributed by atoms with E-state index in [4.69, 9.17) is 5.73 Å². The lowest BCUT2D eigenvalue weighted by Gasteiger charge is -2.30. The van der Waals surface area contributed by atoms with Gasteiger partial charge in [0.2, 0.25) is 5.91 Å². The van der Waals surface area contributed by atoms with E-state index in [9.17, 15) is 14.4 Å². The average molecular weight is 428 g/mol. The molecular weight excluding hydrogens is 404 g/mol. The van der Waals surface area contributed by atoms with Crippen LogP contribution in [-0.2, 0) is 15.1 Å². The molecule has 0 fully saturated rings. The molecular formula is C25H24N4O3. The van der Waals surface area contributed by atoms with E-state index in [-0.39, 0.29) is 6.54 Å². The monoisotopic (exact) mass is 428 g/mol. The normalized spacial score (nSPS) is 17.1. The largest absolute Gasteiger partial charge is 0.368 e. The van der Waals surface area contributed by atoms with Gasteiger partial charge in [-0.05, 0) is 37.6 Å². The van der Waals surface area contributed by atoms with E-state index in [1.807, 2.05) is 50.2 Å². The van der Waals surface area contributed by atoms with Crippen LogP contribution in [0.2, 0.25) is 0 Å². The molecule has 0 saturated carbocycles. The van der Waals surface area contributed by atoms with Crippen molar-refractivity contribution in [2.24, 2.45) is 5.73 Å². The summed E-state index contributed by atoms with van der Waals surface area (Å²) in [5, 5.41) is 5.70. The summed E-state index contributed by atoms with van der Waals surface area (Å²) in [7, 11) is 0. The number of anilines is 2. The number of fused-ring (bicyclic) bond motifs is 1. The number of carbonyl (C=O) groups excluding carboxylic acids is 3. The maximum Gasteiger partial charge on any atom is 0.320 e. The Kier molecular flexibility index (Phi) is 5.40. The van der Waals surface area contributed by atoms with E-state index in [0.29, 0.717) is 22.5 Å². The number of amides is 4. The molecule has 1 aliphatic rings. The second kappa shape index (κ2) is 8.19. The van der Waals surface area contributed by atoms with Crippen molar-refractivity contribution < 1.29 is 14.4 Å². The number of para-hydroxylation sites is 1. The topological polar surface area (TPSA) is 105 Å². The number of benzene rings is 3. The number of primary amides is 1. The van der Waals surface area contributed by atoms with Gasteiger partial charge in [0.25, 0.3) is 5.91 Å². The van der Waals surface area contributed by atoms with Crippen LogP contribution in [0.3, 0.4) is 0 Å². The molecule has 162 valence electrons. The number of aryl methyl sites for hydroxylation is 2. The Labute approximate surface area is 186 Å². The fraction of sp³-hybridized carbons (Fsp3) is 0.160. The SMILES string of the molecule is Cc1ccc(NC(=O)NC2(c3ccc(C)cc3)C(=O)N(CC(N)=O)c3ccccc32)cc1. The summed E-state index contributed by atoms with van der Waals surface area (Å²) in [6, 6.07) is 21.3. The highest BCUT2D eigenvalue weighted by atomic mass is 16.2. The highest BCUT2D eigenvalue weighted by Gasteiger charge is 2.53. The number of carbonyl (C=O) groups is 3. The molecule has 0 saturated heterocycles. The fourth-order valence-electron chi connectivity index (χ4n) is 4.01. The average Bonchev–Trinajstić information content (AvgIpc) is 2.99. The van der Waals surface area contributed by atoms with Gasteiger partial charge < -0.3 is 16.4 Å². The van der Waals surface area contributed by atoms with E-state index < -0.39 is 23.4 Å². The molecule has 4 rings (SSSR count). The molecule has 0 aromatic heterocycles. The maximum atomic E-state index is 13.8. The van der Waals surface area contributed by atoms with Gasteiger partial charge in [-0.25, -0.2) is 4.79 Å². The Morgan fingerprint density at radius 3 is 2.12 bits per heavy atom. The first-order chi connectivity index (χ1) is 15.3. The molecule has 4 N–H and O–H groups in total. The van der Waals surface area contributed by atoms with Crippen LogP contribution in [-0.4, -0.2) is 24.4 Å². The first kappa shape index (κ1) is 21.1. The third-order valence-corrected chi connectivity index (χ3v) is 5.57. The van der Waals surface area contributed by atoms with Crippen LogP contribution in [0.4, 0.5) is 16.2 Å². The van der Waals surface area contributed by atoms with E-state index >= 15 is 0 Å². The van der Waals surface area contributed by atoms with Crippen molar-refractivity contribution >= 4 is 29.2 Å². The lowest BCUT2D eigenvalue weighted by molar-refractivity contribution is -0.124. The Morgan fingerprint density at radius 1 is 0.906 bits per heavy atom. The van der Waals surface area contributed by atoms with Crippen molar-refractivity contribution in [2.45, 2.75) is 19.4 Å². The Morgan fingerprint density at radius 2 is 1.50 bits per heavy atom. The molecule has 1 unspecified atom stereocenters. The Bertz CT molecular complexity index is 1190. The number of nitrogens with zero attached hydrogens (tertiary/aromatic N) is 1. The molecule has 7 heteroatoms. The first-order valence-corrected chi connectivity index (χ1v) is 10.2. The van der Waals surface area contributed by atoms with Crippen molar-refractivity contribution in [3.05, 3.63) is 95.1 Å². The second-order valence-corrected chi connectivity index (χ2v) is 7.94. The van der Waals surface area contributed by atoms with Gasteiger partial charge >= 0.3 is 6.03 Å². The van der Waals surface area contributed by atoms with Gasteiger partial charge in [0.1, 0.15) is 6.54 Å². The van der Waals surface area contributed by atoms with Crippen LogP contribution in [0.5, 0.6) is 0 Å². The molecule has 3 aromatic carbocycles. The van der Waals surface area contributed by atoms with Crippen LogP contribution >= 0.6 is 0 Å². The van der Waals surface area contributed by atoms with Crippen LogP contribution < -0.4 is 21.3 Å². The third-order valence-electron chi connectivity index (χ3n) is 5.57. The molecule has 32 heavy (non-hydrogen) atoms. The predicted molar refractivity (Wildman–Crippen MR) is 123 cm³/mol. The molecule has 1 heterocycles. The zero-order chi connectivity index (χ0) is 22.9. The van der Waals surface area contributed by atoms with Crippen molar-refractivity contribution in [3.63, 3.8) is 0 Å². The summed E-state index contributed by atoms with van der Waals surface area (Å²) in [6.45, 7) is 3.61. The zero-order valence-electron chi connectivity index (χ0n) is 17.9. The lowest BCUT2D eigenvalue weighted by Crippen LogP contribution is -2.55. The van der Waals surface area contributed by atoms with Crippen molar-refractivity contribution in [2.75, 3.05) is 16.8 Å². The van der Waals surface area contributed by atoms with Crippen molar-refractivity contribution in [3.8, 4) is 0 Å². The summed E-state index contributed by atoms with van der Waals surface area (Å²) in [4.78, 5) is 40.0. The minimum atomic E-state index is -1.51. The highest BCUT2D eigenvalue weighted by Crippen LogP contribution is 2.44. The van der Waals surface area contributed by atoms with Crippen LogP contribution in [0.25, 0.3) is 0 Å². The van der Waals surface area contributed by atoms with Gasteiger partial charge in [-0.2, -0.15) is 0 Å². The van der Waals surface area contributed by atoms with E-state index in [1.54, 1.807) is 36.4 Å². The molecule has 4 amide bonds. The minimum Gasteiger partial charge on any atom is -0.368 e. The van der Waals surface area contributed by atoms with Gasteiger partial charge in [0, 0.05) is 11.3 Å². The summed E-state index contributed by atoms with van der Waals surface area (Å²) in [6.07, 6.45) is 0. The molecule has 1 atom stereocenters. The molecule has 0 radical (unpaired) electrons. The molecule has 3 aromatic rings. The quantitative estimate of drug-likeness (QED) is 0.581. The molecule has 1 aliphatic heterocycles. The number of hydrogen-bond donors (Lipinski definition) is 3. The highest BCUT2D eigenvalue weighted by molar-refractivity contribution is 6.14. The third kappa shape index (κ3) is 3.69. The Hall–Kier alpha value is -4.13. The minimum absolute atomic E-state index is 0.287. The van der Waals surface area contributed by atoms with E-state index in [1.165, 1.54) is 4.90 Å². The molecule has 0 spiro atoms. The van der Waals surface area contributed by atoms with Crippen LogP contribution in [0, 0.1) is 13.8 Å². The number of hydrogen-bond acceptors (Lipinski definition) is 3. The smallest absolute Gasteiger partial charge is 0.320 e. The Balaban J connectivity index is 1.81. The second-order valence-electron chi connectivity index (χ2n) is 7.94. The van der Waals surface area contributed by atoms with Crippen molar-refractivity contribution in [1.82, 2.24) is 5.32 Å². The van der Waals surface area contributed by atoms with Crippen LogP contribution in [0.1, 0.15) is 22.3 Å². The van der Waals surface area contributed by atoms with Gasteiger partial charge in [-0.3, -0.25) is 14.5 Å². The lowest BCUT2D eigenvalue weighted by atomic mass is 9.83. The summed E-state index contributed by atoms with van der Waals surface area (Å²) < 4.78 is 0. The first-order valence-electron chi connectivity index (χ1n) is 10.2. The van der Waals surface area contributed by atoms with Gasteiger partial charge in [0.05, 0.1) is 5.69 Å². The van der Waals surface area contributed by atoms with Crippen LogP contribution in [0.15, 0.2) is 72.8 Å². The summed E-state index contributed by atoms with van der Waals surface area (Å²) in [5.74, 6) is -1.09. The summed E-state index contributed by atoms with van der Waals surface area (Å²) in [5.41, 5.74) is 8.29. The predicted octanol–water partition coefficient (Wildman–Crippen LogP) is 3.20. The fourth-order valence-corrected chi connectivity index (χ4v) is 4.01. The molecule has 0 aliphatic carbocycles. The number of nitrogens with two attached hydrogens (primary N) is 1. The molecule has 0 bridgehead atoms. The van der Waals surface area contributed by atoms with Gasteiger partial charge in [-0.1, -0.05) is 65.7 Å². The summed E-state index contributed by atoms with van der Waals surface area (Å²) >= 11 is 0. The van der Waals surface area contributed by atoms with E-state index in [0.717, 1.165) is 11.1 Å². The van der Waals surface area contributed by atoms with Gasteiger partial charge in [0.15, 0.2) is 5.54 Å². The number of nitrogens with one attached hydrogen (secondary N) is 2. The number of urea groups is 1. The maximum absolute atomic E-state index is 13.8. The standard InChI is InChI=1S/C25H24N4O3/c1-16-7-11-18(12-8-16)25(28-24(32)27-19-13-9-17(2)10-14-19)20-5-3-4-6-21(20)29(23(25)31)15-22(26)30/h3-14H,15H2,1-2H3,(H2,26,30)(H2,27,28,32).